The van der Waals surface area contributed by atoms with Crippen LogP contribution in [0, 0.1) is 6.92 Å². The molecule has 0 bridgehead atoms. The lowest BCUT2D eigenvalue weighted by molar-refractivity contribution is -0.130. The lowest BCUT2D eigenvalue weighted by atomic mass is 10.1. The molecule has 2 aromatic rings. The summed E-state index contributed by atoms with van der Waals surface area (Å²) in [6, 6.07) is 9.30. The number of benzene rings is 1. The van der Waals surface area contributed by atoms with Gasteiger partial charge in [0.1, 0.15) is 11.6 Å². The second-order valence-corrected chi connectivity index (χ2v) is 7.39. The summed E-state index contributed by atoms with van der Waals surface area (Å²) in [5, 5.41) is 0.681. The highest BCUT2D eigenvalue weighted by molar-refractivity contribution is 6.30. The molecule has 0 aliphatic carbocycles. The van der Waals surface area contributed by atoms with Gasteiger partial charge in [-0.2, -0.15) is 4.98 Å². The van der Waals surface area contributed by atoms with Crippen molar-refractivity contribution in [1.82, 2.24) is 14.9 Å². The maximum Gasteiger partial charge on any atom is 0.227 e. The molecule has 0 N–H and O–H groups in total. The standard InChI is InChI=1S/C20H25ClN4O2/c1-14(2)27-19-13-18(22-15(3)23-19)24-8-10-25(11-9-24)20(26)12-16-4-6-17(21)7-5-16/h4-7,13-14H,8-12H2,1-3H3. The fourth-order valence-corrected chi connectivity index (χ4v) is 3.19. The van der Waals surface area contributed by atoms with Gasteiger partial charge in [0, 0.05) is 37.3 Å². The SMILES string of the molecule is Cc1nc(OC(C)C)cc(N2CCN(C(=O)Cc3ccc(Cl)cc3)CC2)n1. The maximum atomic E-state index is 12.6. The summed E-state index contributed by atoms with van der Waals surface area (Å²) in [6.45, 7) is 8.65. The Hall–Kier alpha value is -2.34. The number of carbonyl (C=O) groups excluding carboxylic acids is 1. The van der Waals surface area contributed by atoms with Crippen LogP contribution in [0.2, 0.25) is 5.02 Å². The molecule has 1 fully saturated rings. The molecule has 3 rings (SSSR count). The average Bonchev–Trinajstić information content (AvgIpc) is 2.62. The topological polar surface area (TPSA) is 58.6 Å². The van der Waals surface area contributed by atoms with Gasteiger partial charge in [-0.05, 0) is 38.5 Å². The minimum absolute atomic E-state index is 0.0643. The van der Waals surface area contributed by atoms with Gasteiger partial charge in [0.05, 0.1) is 12.5 Å². The van der Waals surface area contributed by atoms with Gasteiger partial charge in [0.15, 0.2) is 0 Å². The Morgan fingerprint density at radius 1 is 1.15 bits per heavy atom. The summed E-state index contributed by atoms with van der Waals surface area (Å²) >= 11 is 5.90. The van der Waals surface area contributed by atoms with E-state index in [0.717, 1.165) is 24.5 Å². The summed E-state index contributed by atoms with van der Waals surface area (Å²) in [6.07, 6.45) is 0.463. The highest BCUT2D eigenvalue weighted by Crippen LogP contribution is 2.20. The molecule has 1 aromatic carbocycles. The largest absolute Gasteiger partial charge is 0.475 e. The molecule has 0 spiro atoms. The number of amides is 1. The Balaban J connectivity index is 1.59. The van der Waals surface area contributed by atoms with Crippen molar-refractivity contribution in [3.63, 3.8) is 0 Å². The Morgan fingerprint density at radius 2 is 1.81 bits per heavy atom. The number of piperazine rings is 1. The normalized spacial score (nSPS) is 14.6. The number of nitrogens with zero attached hydrogens (tertiary/aromatic N) is 4. The number of hydrogen-bond donors (Lipinski definition) is 0. The Labute approximate surface area is 165 Å². The lowest BCUT2D eigenvalue weighted by Crippen LogP contribution is -2.49. The molecule has 144 valence electrons. The molecule has 1 aliphatic rings. The number of hydrogen-bond acceptors (Lipinski definition) is 5. The van der Waals surface area contributed by atoms with Gasteiger partial charge >= 0.3 is 0 Å². The lowest BCUT2D eigenvalue weighted by Gasteiger charge is -2.35. The zero-order chi connectivity index (χ0) is 19.4. The van der Waals surface area contributed by atoms with Crippen molar-refractivity contribution in [2.24, 2.45) is 0 Å². The molecule has 7 heteroatoms. The molecule has 2 heterocycles. The fourth-order valence-electron chi connectivity index (χ4n) is 3.06. The Morgan fingerprint density at radius 3 is 2.44 bits per heavy atom. The van der Waals surface area contributed by atoms with Gasteiger partial charge in [0.25, 0.3) is 0 Å². The van der Waals surface area contributed by atoms with Crippen molar-refractivity contribution in [3.8, 4) is 5.88 Å². The van der Waals surface area contributed by atoms with Crippen molar-refractivity contribution in [1.29, 1.82) is 0 Å². The quantitative estimate of drug-likeness (QED) is 0.787. The van der Waals surface area contributed by atoms with Gasteiger partial charge in [0.2, 0.25) is 11.8 Å². The van der Waals surface area contributed by atoms with Gasteiger partial charge in [-0.15, -0.1) is 0 Å². The van der Waals surface area contributed by atoms with E-state index in [1.807, 2.05) is 56.0 Å². The first-order valence-electron chi connectivity index (χ1n) is 9.20. The number of halogens is 1. The molecule has 0 atom stereocenters. The highest BCUT2D eigenvalue weighted by atomic mass is 35.5. The summed E-state index contributed by atoms with van der Waals surface area (Å²) < 4.78 is 5.71. The van der Waals surface area contributed by atoms with Crippen molar-refractivity contribution in [3.05, 3.63) is 46.7 Å². The van der Waals surface area contributed by atoms with Crippen LogP contribution in [0.5, 0.6) is 5.88 Å². The second kappa shape index (κ2) is 8.57. The van der Waals surface area contributed by atoms with Gasteiger partial charge < -0.3 is 14.5 Å². The van der Waals surface area contributed by atoms with Crippen molar-refractivity contribution < 1.29 is 9.53 Å². The zero-order valence-corrected chi connectivity index (χ0v) is 16.7. The first-order valence-corrected chi connectivity index (χ1v) is 9.58. The summed E-state index contributed by atoms with van der Waals surface area (Å²) in [7, 11) is 0. The van der Waals surface area contributed by atoms with E-state index in [0.29, 0.717) is 36.2 Å². The molecule has 0 unspecified atom stereocenters. The first-order chi connectivity index (χ1) is 12.9. The Bertz CT molecular complexity index is 787. The van der Waals surface area contributed by atoms with Crippen LogP contribution < -0.4 is 9.64 Å². The maximum absolute atomic E-state index is 12.6. The van der Waals surface area contributed by atoms with E-state index < -0.39 is 0 Å². The third-order valence-electron chi connectivity index (χ3n) is 4.38. The van der Waals surface area contributed by atoms with Gasteiger partial charge in [-0.3, -0.25) is 4.79 Å². The molecule has 1 aromatic heterocycles. The van der Waals surface area contributed by atoms with Crippen LogP contribution in [-0.4, -0.2) is 53.1 Å². The van der Waals surface area contributed by atoms with Crippen LogP contribution in [0.4, 0.5) is 5.82 Å². The predicted molar refractivity (Wildman–Crippen MR) is 106 cm³/mol. The van der Waals surface area contributed by atoms with Crippen LogP contribution in [0.15, 0.2) is 30.3 Å². The fraction of sp³-hybridized carbons (Fsp3) is 0.450. The number of aryl methyl sites for hydroxylation is 1. The number of rotatable bonds is 5. The van der Waals surface area contributed by atoms with Crippen LogP contribution in [0.1, 0.15) is 25.2 Å². The van der Waals surface area contributed by atoms with Crippen molar-refractivity contribution in [2.75, 3.05) is 31.1 Å². The van der Waals surface area contributed by atoms with E-state index in [1.54, 1.807) is 0 Å². The van der Waals surface area contributed by atoms with E-state index >= 15 is 0 Å². The van der Waals surface area contributed by atoms with Crippen LogP contribution in [0.25, 0.3) is 0 Å². The minimum atomic E-state index is 0.0643. The molecule has 27 heavy (non-hydrogen) atoms. The van der Waals surface area contributed by atoms with E-state index in [4.69, 9.17) is 16.3 Å². The van der Waals surface area contributed by atoms with E-state index in [9.17, 15) is 4.79 Å². The first kappa shape index (κ1) is 19.4. The molecule has 6 nitrogen and oxygen atoms in total. The number of ether oxygens (including phenoxy) is 1. The second-order valence-electron chi connectivity index (χ2n) is 6.95. The van der Waals surface area contributed by atoms with E-state index in [2.05, 4.69) is 14.9 Å². The monoisotopic (exact) mass is 388 g/mol. The Kier molecular flexibility index (Phi) is 6.16. The number of carbonyl (C=O) groups is 1. The predicted octanol–water partition coefficient (Wildman–Crippen LogP) is 3.12. The highest BCUT2D eigenvalue weighted by Gasteiger charge is 2.22. The minimum Gasteiger partial charge on any atom is -0.475 e. The molecule has 0 radical (unpaired) electrons. The van der Waals surface area contributed by atoms with Crippen LogP contribution in [-0.2, 0) is 11.2 Å². The third-order valence-corrected chi connectivity index (χ3v) is 4.63. The van der Waals surface area contributed by atoms with Crippen molar-refractivity contribution >= 4 is 23.3 Å². The molecular weight excluding hydrogens is 364 g/mol. The summed E-state index contributed by atoms with van der Waals surface area (Å²) in [5.41, 5.74) is 0.980. The van der Waals surface area contributed by atoms with Crippen LogP contribution >= 0.6 is 11.6 Å². The molecule has 1 saturated heterocycles. The number of anilines is 1. The van der Waals surface area contributed by atoms with Crippen molar-refractivity contribution in [2.45, 2.75) is 33.3 Å². The molecule has 1 aliphatic heterocycles. The smallest absolute Gasteiger partial charge is 0.227 e. The summed E-state index contributed by atoms with van der Waals surface area (Å²) in [5.74, 6) is 2.26. The zero-order valence-electron chi connectivity index (χ0n) is 16.0. The number of aromatic nitrogens is 2. The van der Waals surface area contributed by atoms with E-state index in [-0.39, 0.29) is 12.0 Å². The van der Waals surface area contributed by atoms with Gasteiger partial charge in [-0.25, -0.2) is 4.98 Å². The van der Waals surface area contributed by atoms with E-state index in [1.165, 1.54) is 0 Å². The molecular formula is C20H25ClN4O2. The molecule has 1 amide bonds. The summed E-state index contributed by atoms with van der Waals surface area (Å²) in [4.78, 5) is 25.5. The average molecular weight is 389 g/mol. The van der Waals surface area contributed by atoms with Gasteiger partial charge in [-0.1, -0.05) is 23.7 Å². The molecule has 0 saturated carbocycles. The van der Waals surface area contributed by atoms with Crippen LogP contribution in [0.3, 0.4) is 0 Å². The third kappa shape index (κ3) is 5.32.